The van der Waals surface area contributed by atoms with Crippen LogP contribution in [-0.4, -0.2) is 80.8 Å². The predicted molar refractivity (Wildman–Crippen MR) is 386 cm³/mol. The van der Waals surface area contributed by atoms with Crippen LogP contribution >= 0.6 is 94.1 Å². The van der Waals surface area contributed by atoms with Gasteiger partial charge in [0.05, 0.1) is 39.2 Å². The summed E-state index contributed by atoms with van der Waals surface area (Å²) in [5.41, 5.74) is 1.84. The van der Waals surface area contributed by atoms with Crippen molar-refractivity contribution in [2.75, 3.05) is 0 Å². The van der Waals surface area contributed by atoms with Crippen LogP contribution in [-0.2, 0) is 0 Å². The molecule has 2 N–H and O–H groups in total. The molecule has 0 saturated carbocycles. The number of aromatic amines is 2. The largest absolute Gasteiger partial charge is 0.323 e. The van der Waals surface area contributed by atoms with Crippen molar-refractivity contribution in [2.24, 2.45) is 0 Å². The van der Waals surface area contributed by atoms with Crippen molar-refractivity contribution in [3.05, 3.63) is 310 Å². The minimum atomic E-state index is -0.484. The van der Waals surface area contributed by atoms with Gasteiger partial charge >= 0.3 is 0 Å². The Morgan fingerprint density at radius 1 is 0.198 bits per heavy atom. The van der Waals surface area contributed by atoms with E-state index in [0.29, 0.717) is 47.0 Å². The number of hydrogen-bond donors (Lipinski definition) is 2. The molecule has 2 aliphatic heterocycles. The Morgan fingerprint density at radius 3 is 0.500 bits per heavy atom. The van der Waals surface area contributed by atoms with Crippen LogP contribution in [0.3, 0.4) is 0 Å². The molecule has 8 bridgehead atoms. The van der Waals surface area contributed by atoms with E-state index in [0.717, 1.165) is 47.0 Å². The molecule has 0 amide bonds. The SMILES string of the molecule is O=C(SC1=C(SC(=O)c2ccccc2)c2nc1nc1[nH]c(nc3nc(nc4[nH]c(n2)c(SC(=O)c2ccccc2)c4SC(=O)c2ccccc2)C(SC(=O)c2ccccc2)=C3SC(=O)c2ccccc2)c(SC(=O)c2ccccc2)c1SC(=O)c1ccccc1)c1ccccc1. The fourth-order valence-corrected chi connectivity index (χ4v) is 16.8. The Bertz CT molecular complexity index is 4520. The molecule has 3 aromatic heterocycles. The number of carbonyl (C=O) groups excluding carboxylic acids is 8. The molecule has 2 aliphatic rings. The van der Waals surface area contributed by atoms with Gasteiger partial charge in [-0.25, -0.2) is 29.9 Å². The van der Waals surface area contributed by atoms with Crippen LogP contribution in [0.2, 0.25) is 0 Å². The van der Waals surface area contributed by atoms with Gasteiger partial charge in [0.15, 0.2) is 23.3 Å². The number of hydrogen-bond acceptors (Lipinski definition) is 22. The molecule has 0 saturated heterocycles. The Balaban J connectivity index is 1.18. The molecule has 13 rings (SSSR count). The molecule has 0 unspecified atom stereocenters. The Labute approximate surface area is 580 Å². The van der Waals surface area contributed by atoms with Gasteiger partial charge in [-0.15, -0.1) is 0 Å². The van der Waals surface area contributed by atoms with E-state index >= 15 is 0 Å². The van der Waals surface area contributed by atoms with Crippen molar-refractivity contribution in [3.63, 3.8) is 0 Å². The van der Waals surface area contributed by atoms with Gasteiger partial charge in [-0.05, 0) is 94.1 Å². The smallest absolute Gasteiger partial charge is 0.224 e. The number of nitrogens with one attached hydrogen (secondary N) is 2. The lowest BCUT2D eigenvalue weighted by atomic mass is 10.2. The minimum absolute atomic E-state index is 0.0406. The number of nitrogens with zero attached hydrogens (tertiary/aromatic N) is 6. The van der Waals surface area contributed by atoms with Crippen molar-refractivity contribution in [1.82, 2.24) is 39.9 Å². The van der Waals surface area contributed by atoms with Crippen molar-refractivity contribution in [2.45, 2.75) is 19.6 Å². The number of benzene rings is 8. The minimum Gasteiger partial charge on any atom is -0.323 e. The molecule has 16 nitrogen and oxygen atoms in total. The Morgan fingerprint density at radius 2 is 0.344 bits per heavy atom. The number of carbonyl (C=O) groups is 8. The molecule has 0 radical (unpaired) electrons. The zero-order chi connectivity index (χ0) is 66.1. The zero-order valence-corrected chi connectivity index (χ0v) is 55.8. The van der Waals surface area contributed by atoms with E-state index in [2.05, 4.69) is 9.97 Å². The van der Waals surface area contributed by atoms with Crippen LogP contribution in [0, 0.1) is 0 Å². The van der Waals surface area contributed by atoms with Crippen LogP contribution in [0.4, 0.5) is 0 Å². The molecule has 0 fully saturated rings. The van der Waals surface area contributed by atoms with Gasteiger partial charge in [0.25, 0.3) is 0 Å². The van der Waals surface area contributed by atoms with E-state index < -0.39 is 40.9 Å². The summed E-state index contributed by atoms with van der Waals surface area (Å²) in [7, 11) is 0. The van der Waals surface area contributed by atoms with Crippen LogP contribution < -0.4 is 0 Å². The summed E-state index contributed by atoms with van der Waals surface area (Å²) in [5, 5.41) is -3.84. The maximum absolute atomic E-state index is 14.8. The maximum atomic E-state index is 14.8. The second kappa shape index (κ2) is 29.9. The predicted octanol–water partition coefficient (Wildman–Crippen LogP) is 17.6. The van der Waals surface area contributed by atoms with Crippen molar-refractivity contribution < 1.29 is 38.4 Å². The summed E-state index contributed by atoms with van der Waals surface area (Å²) in [6.07, 6.45) is 0. The standard InChI is InChI=1S/C72H42N8O8S8/c81-65(41-25-9-1-10-26-41)89-49-50(90-66(82)42-27-11-2-12-28-42)58-73-57(49)77-59-51(91-67(83)43-29-13-3-14-30-43)52(92-68(84)44-31-15-4-16-32-44)61(74-59)79-63-55(95-71(87)47-37-21-7-22-38-47)56(96-72(88)48-39-23-8-24-40-48)64(76-63)80-62-54(94-70(86)46-35-19-6-20-36-46)53(60(75-62)78-58)93-69(85)45-33-17-5-18-34-45/h1-40H,(H2,73,74,75,76,77,78,79,80). The third kappa shape index (κ3) is 14.9. The van der Waals surface area contributed by atoms with Crippen LogP contribution in [0.1, 0.15) is 106 Å². The number of aromatic nitrogens is 8. The molecule has 96 heavy (non-hydrogen) atoms. The third-order valence-electron chi connectivity index (χ3n) is 13.9. The number of fused-ring (bicyclic) bond motifs is 8. The maximum Gasteiger partial charge on any atom is 0.224 e. The van der Waals surface area contributed by atoms with Gasteiger partial charge in [0, 0.05) is 44.5 Å². The average Bonchev–Trinajstić information content (AvgIpc) is 1.61. The Hall–Kier alpha value is -9.76. The van der Waals surface area contributed by atoms with Crippen molar-refractivity contribution in [1.29, 1.82) is 0 Å². The van der Waals surface area contributed by atoms with Gasteiger partial charge in [0.1, 0.15) is 22.6 Å². The molecular formula is C72H42N8O8S8. The highest BCUT2D eigenvalue weighted by Crippen LogP contribution is 2.50. The van der Waals surface area contributed by atoms with E-state index in [1.54, 1.807) is 243 Å². The lowest BCUT2D eigenvalue weighted by Crippen LogP contribution is -1.97. The summed E-state index contributed by atoms with van der Waals surface area (Å²) in [5.74, 6) is -0.768. The van der Waals surface area contributed by atoms with E-state index in [9.17, 15) is 38.4 Å². The van der Waals surface area contributed by atoms with E-state index in [1.165, 1.54) is 0 Å². The summed E-state index contributed by atoms with van der Waals surface area (Å²) in [6, 6.07) is 67.4. The normalized spacial score (nSPS) is 11.9. The molecule has 24 heteroatoms. The number of H-pyrrole nitrogens is 2. The summed E-state index contributed by atoms with van der Waals surface area (Å²) in [6.45, 7) is 0. The van der Waals surface area contributed by atoms with E-state index in [-0.39, 0.29) is 130 Å². The molecule has 0 spiro atoms. The highest BCUT2D eigenvalue weighted by atomic mass is 32.2. The quantitative estimate of drug-likeness (QED) is 0.0854. The van der Waals surface area contributed by atoms with Crippen LogP contribution in [0.25, 0.3) is 42.2 Å². The summed E-state index contributed by atoms with van der Waals surface area (Å²) < 4.78 is 0. The molecule has 8 aromatic carbocycles. The van der Waals surface area contributed by atoms with Crippen molar-refractivity contribution in [3.8, 4) is 0 Å². The van der Waals surface area contributed by atoms with Gasteiger partial charge in [-0.3, -0.25) is 38.4 Å². The first-order valence-corrected chi connectivity index (χ1v) is 35.4. The molecule has 11 aromatic rings. The van der Waals surface area contributed by atoms with Crippen molar-refractivity contribution >= 4 is 177 Å². The first-order valence-electron chi connectivity index (χ1n) is 28.9. The molecule has 466 valence electrons. The molecule has 5 heterocycles. The number of rotatable bonds is 16. The average molecular weight is 1400 g/mol. The summed E-state index contributed by atoms with van der Waals surface area (Å²) >= 11 is 5.76. The first-order chi connectivity index (χ1) is 46.9. The van der Waals surface area contributed by atoms with Gasteiger partial charge in [0.2, 0.25) is 40.9 Å². The molecule has 0 atom stereocenters. The zero-order valence-electron chi connectivity index (χ0n) is 49.3. The number of thioether (sulfide) groups is 8. The first kappa shape index (κ1) is 64.9. The third-order valence-corrected chi connectivity index (χ3v) is 22.6. The Kier molecular flexibility index (Phi) is 20.2. The van der Waals surface area contributed by atoms with Gasteiger partial charge in [-0.1, -0.05) is 243 Å². The fourth-order valence-electron chi connectivity index (χ4n) is 9.29. The molecular weight excluding hydrogens is 1360 g/mol. The lowest BCUT2D eigenvalue weighted by Gasteiger charge is -2.07. The van der Waals surface area contributed by atoms with Gasteiger partial charge in [-0.2, -0.15) is 0 Å². The molecule has 0 aliphatic carbocycles. The summed E-state index contributed by atoms with van der Waals surface area (Å²) in [4.78, 5) is 157. The highest BCUT2D eigenvalue weighted by Gasteiger charge is 2.35. The topological polar surface area (TPSA) is 245 Å². The monoisotopic (exact) mass is 1400 g/mol. The van der Waals surface area contributed by atoms with Gasteiger partial charge < -0.3 is 9.97 Å². The highest BCUT2D eigenvalue weighted by molar-refractivity contribution is 8.27. The van der Waals surface area contributed by atoms with E-state index in [1.807, 2.05) is 0 Å². The van der Waals surface area contributed by atoms with E-state index in [4.69, 9.17) is 29.9 Å². The fraction of sp³-hybridized carbons (Fsp3) is 0. The second-order valence-electron chi connectivity index (χ2n) is 20.3. The van der Waals surface area contributed by atoms with Crippen LogP contribution in [0.5, 0.6) is 0 Å². The second-order valence-corrected chi connectivity index (χ2v) is 28.2. The lowest BCUT2D eigenvalue weighted by molar-refractivity contribution is 0.108. The van der Waals surface area contributed by atoms with Crippen LogP contribution in [0.15, 0.2) is 262 Å².